The fraction of sp³-hybridized carbons (Fsp3) is 0.900. The van der Waals surface area contributed by atoms with Gasteiger partial charge in [0.15, 0.2) is 0 Å². The second kappa shape index (κ2) is 4.28. The Morgan fingerprint density at radius 3 is 3.00 bits per heavy atom. The van der Waals surface area contributed by atoms with E-state index in [9.17, 15) is 4.79 Å². The average molecular weight is 197 g/mol. The number of likely N-dealkylation sites (N-methyl/N-ethyl adjacent to an activating group) is 1. The first kappa shape index (κ1) is 9.93. The van der Waals surface area contributed by atoms with Gasteiger partial charge in [0.2, 0.25) is 5.91 Å². The Labute approximate surface area is 85.0 Å². The van der Waals surface area contributed by atoms with Gasteiger partial charge < -0.3 is 15.5 Å². The van der Waals surface area contributed by atoms with Crippen molar-refractivity contribution in [2.45, 2.75) is 18.9 Å². The zero-order chi connectivity index (χ0) is 9.97. The maximum absolute atomic E-state index is 11.1. The third-order valence-electron chi connectivity index (χ3n) is 3.44. The van der Waals surface area contributed by atoms with Crippen LogP contribution < -0.4 is 10.6 Å². The second-order valence-electron chi connectivity index (χ2n) is 4.30. The van der Waals surface area contributed by atoms with Crippen molar-refractivity contribution in [2.75, 3.05) is 33.2 Å². The van der Waals surface area contributed by atoms with Crippen LogP contribution in [0.5, 0.6) is 0 Å². The molecule has 0 aliphatic carbocycles. The smallest absolute Gasteiger partial charge is 0.233 e. The van der Waals surface area contributed by atoms with Gasteiger partial charge in [0.25, 0.3) is 0 Å². The number of hydrogen-bond donors (Lipinski definition) is 2. The molecule has 2 saturated heterocycles. The van der Waals surface area contributed by atoms with Crippen molar-refractivity contribution in [1.82, 2.24) is 15.5 Å². The van der Waals surface area contributed by atoms with E-state index in [1.54, 1.807) is 7.05 Å². The Morgan fingerprint density at radius 2 is 2.21 bits per heavy atom. The van der Waals surface area contributed by atoms with E-state index in [0.717, 1.165) is 5.92 Å². The normalized spacial score (nSPS) is 35.6. The minimum Gasteiger partial charge on any atom is -0.358 e. The first-order chi connectivity index (χ1) is 6.79. The maximum atomic E-state index is 11.1. The van der Waals surface area contributed by atoms with Gasteiger partial charge in [-0.2, -0.15) is 0 Å². The molecule has 2 fully saturated rings. The van der Waals surface area contributed by atoms with E-state index in [0.29, 0.717) is 12.6 Å². The molecular weight excluding hydrogens is 178 g/mol. The van der Waals surface area contributed by atoms with E-state index in [-0.39, 0.29) is 5.91 Å². The van der Waals surface area contributed by atoms with Crippen LogP contribution in [0.3, 0.4) is 0 Å². The molecule has 4 nitrogen and oxygen atoms in total. The van der Waals surface area contributed by atoms with Crippen molar-refractivity contribution in [2.24, 2.45) is 5.92 Å². The molecule has 2 heterocycles. The van der Waals surface area contributed by atoms with E-state index in [1.165, 1.54) is 32.5 Å². The molecule has 0 aromatic carbocycles. The first-order valence-corrected chi connectivity index (χ1v) is 5.46. The lowest BCUT2D eigenvalue weighted by Gasteiger charge is -2.30. The van der Waals surface area contributed by atoms with E-state index in [1.807, 2.05) is 0 Å². The molecule has 3 unspecified atom stereocenters. The third-order valence-corrected chi connectivity index (χ3v) is 3.44. The standard InChI is InChI=1S/C10H19N3O/c1-11-10(14)6-12-9-3-5-13-4-2-8(9)7-13/h8-9,12H,2-7H2,1H3,(H,11,14). The Hall–Kier alpha value is -0.610. The minimum absolute atomic E-state index is 0.0884. The Kier molecular flexibility index (Phi) is 3.03. The summed E-state index contributed by atoms with van der Waals surface area (Å²) in [6.45, 7) is 4.15. The highest BCUT2D eigenvalue weighted by Crippen LogP contribution is 2.26. The van der Waals surface area contributed by atoms with Gasteiger partial charge in [-0.25, -0.2) is 0 Å². The van der Waals surface area contributed by atoms with Crippen LogP contribution in [0.4, 0.5) is 0 Å². The molecule has 2 aliphatic heterocycles. The summed E-state index contributed by atoms with van der Waals surface area (Å²) in [4.78, 5) is 13.6. The van der Waals surface area contributed by atoms with Gasteiger partial charge >= 0.3 is 0 Å². The van der Waals surface area contributed by atoms with Gasteiger partial charge in [-0.15, -0.1) is 0 Å². The van der Waals surface area contributed by atoms with E-state index >= 15 is 0 Å². The maximum Gasteiger partial charge on any atom is 0.233 e. The summed E-state index contributed by atoms with van der Waals surface area (Å²) in [5.41, 5.74) is 0. The fourth-order valence-corrected chi connectivity index (χ4v) is 2.53. The molecule has 0 radical (unpaired) electrons. The summed E-state index contributed by atoms with van der Waals surface area (Å²) >= 11 is 0. The van der Waals surface area contributed by atoms with Crippen molar-refractivity contribution in [3.05, 3.63) is 0 Å². The molecular formula is C10H19N3O. The molecule has 1 amide bonds. The van der Waals surface area contributed by atoms with Crippen LogP contribution in [0.1, 0.15) is 12.8 Å². The zero-order valence-electron chi connectivity index (χ0n) is 8.75. The average Bonchev–Trinajstić information content (AvgIpc) is 2.60. The first-order valence-electron chi connectivity index (χ1n) is 5.46. The minimum atomic E-state index is 0.0884. The number of nitrogens with zero attached hydrogens (tertiary/aromatic N) is 1. The predicted octanol–water partition coefficient (Wildman–Crippen LogP) is -0.584. The van der Waals surface area contributed by atoms with Crippen molar-refractivity contribution >= 4 is 5.91 Å². The Bertz CT molecular complexity index is 219. The van der Waals surface area contributed by atoms with Crippen LogP contribution >= 0.6 is 0 Å². The third kappa shape index (κ3) is 2.07. The molecule has 2 N–H and O–H groups in total. The van der Waals surface area contributed by atoms with Gasteiger partial charge in [-0.05, 0) is 31.8 Å². The topological polar surface area (TPSA) is 44.4 Å². The molecule has 80 valence electrons. The predicted molar refractivity (Wildman–Crippen MR) is 55.0 cm³/mol. The number of rotatable bonds is 3. The van der Waals surface area contributed by atoms with Crippen LogP contribution in [-0.2, 0) is 4.79 Å². The number of amides is 1. The summed E-state index contributed by atoms with van der Waals surface area (Å²) in [6, 6.07) is 0.561. The zero-order valence-corrected chi connectivity index (χ0v) is 8.75. The number of hydrogen-bond acceptors (Lipinski definition) is 3. The fourth-order valence-electron chi connectivity index (χ4n) is 2.53. The Balaban J connectivity index is 1.77. The highest BCUT2D eigenvalue weighted by Gasteiger charge is 2.33. The van der Waals surface area contributed by atoms with E-state index in [2.05, 4.69) is 15.5 Å². The number of carbonyl (C=O) groups excluding carboxylic acids is 1. The number of nitrogens with one attached hydrogen (secondary N) is 2. The van der Waals surface area contributed by atoms with Crippen LogP contribution in [0.2, 0.25) is 0 Å². The number of fused-ring (bicyclic) bond motifs is 2. The largest absolute Gasteiger partial charge is 0.358 e. The number of piperidine rings is 1. The van der Waals surface area contributed by atoms with Crippen LogP contribution in [0, 0.1) is 5.92 Å². The molecule has 0 saturated carbocycles. The summed E-state index contributed by atoms with van der Waals surface area (Å²) in [6.07, 6.45) is 2.49. The molecule has 2 bridgehead atoms. The van der Waals surface area contributed by atoms with Crippen molar-refractivity contribution in [1.29, 1.82) is 0 Å². The lowest BCUT2D eigenvalue weighted by Crippen LogP contribution is -2.46. The SMILES string of the molecule is CNC(=O)CNC1CCN2CCC1C2. The Morgan fingerprint density at radius 1 is 1.43 bits per heavy atom. The molecule has 0 aromatic rings. The monoisotopic (exact) mass is 197 g/mol. The van der Waals surface area contributed by atoms with Gasteiger partial charge in [0.05, 0.1) is 6.54 Å². The summed E-state index contributed by atoms with van der Waals surface area (Å²) < 4.78 is 0. The number of carbonyl (C=O) groups is 1. The summed E-state index contributed by atoms with van der Waals surface area (Å²) in [5.74, 6) is 0.860. The van der Waals surface area contributed by atoms with Crippen molar-refractivity contribution in [3.63, 3.8) is 0 Å². The molecule has 14 heavy (non-hydrogen) atoms. The lowest BCUT2D eigenvalue weighted by atomic mass is 9.94. The highest BCUT2D eigenvalue weighted by atomic mass is 16.1. The van der Waals surface area contributed by atoms with Crippen LogP contribution in [-0.4, -0.2) is 50.1 Å². The van der Waals surface area contributed by atoms with Crippen molar-refractivity contribution in [3.8, 4) is 0 Å². The van der Waals surface area contributed by atoms with Crippen LogP contribution in [0.15, 0.2) is 0 Å². The summed E-state index contributed by atoms with van der Waals surface area (Å²) in [7, 11) is 1.68. The van der Waals surface area contributed by atoms with Crippen LogP contribution in [0.25, 0.3) is 0 Å². The van der Waals surface area contributed by atoms with Gasteiger partial charge in [-0.3, -0.25) is 4.79 Å². The lowest BCUT2D eigenvalue weighted by molar-refractivity contribution is -0.120. The van der Waals surface area contributed by atoms with Gasteiger partial charge in [0.1, 0.15) is 0 Å². The molecule has 0 aromatic heterocycles. The van der Waals surface area contributed by atoms with Crippen molar-refractivity contribution < 1.29 is 4.79 Å². The molecule has 2 rings (SSSR count). The van der Waals surface area contributed by atoms with E-state index < -0.39 is 0 Å². The second-order valence-corrected chi connectivity index (χ2v) is 4.30. The van der Waals surface area contributed by atoms with Gasteiger partial charge in [-0.1, -0.05) is 0 Å². The quantitative estimate of drug-likeness (QED) is 0.636. The highest BCUT2D eigenvalue weighted by molar-refractivity contribution is 5.77. The summed E-state index contributed by atoms with van der Waals surface area (Å²) in [5, 5.41) is 6.00. The molecule has 3 atom stereocenters. The molecule has 2 aliphatic rings. The molecule has 4 heteroatoms. The van der Waals surface area contributed by atoms with Gasteiger partial charge in [0, 0.05) is 19.6 Å². The van der Waals surface area contributed by atoms with E-state index in [4.69, 9.17) is 0 Å². The molecule has 0 spiro atoms.